The number of esters is 1. The van der Waals surface area contributed by atoms with Gasteiger partial charge in [-0.3, -0.25) is 9.36 Å². The number of ether oxygens (including phenoxy) is 1. The maximum absolute atomic E-state index is 13.2. The molecule has 1 aliphatic rings. The second kappa shape index (κ2) is 6.43. The predicted molar refractivity (Wildman–Crippen MR) is 88.9 cm³/mol. The van der Waals surface area contributed by atoms with Crippen LogP contribution in [0.15, 0.2) is 30.3 Å². The number of hydrogen-bond donors (Lipinski definition) is 0. The molecule has 3 atom stereocenters. The highest BCUT2D eigenvalue weighted by molar-refractivity contribution is 7.57. The normalized spacial score (nSPS) is 26.7. The Morgan fingerprint density at radius 2 is 1.71 bits per heavy atom. The molecular formula is C17H23O6P. The van der Waals surface area contributed by atoms with Crippen molar-refractivity contribution in [3.63, 3.8) is 0 Å². The number of benzene rings is 1. The first-order chi connectivity index (χ1) is 11.2. The van der Waals surface area contributed by atoms with Crippen LogP contribution in [0.25, 0.3) is 0 Å². The van der Waals surface area contributed by atoms with Crippen molar-refractivity contribution in [2.45, 2.75) is 37.4 Å². The fraction of sp³-hybridized carbons (Fsp3) is 0.529. The smallest absolute Gasteiger partial charge is 0.348 e. The van der Waals surface area contributed by atoms with Crippen LogP contribution >= 0.6 is 7.60 Å². The fourth-order valence-corrected chi connectivity index (χ4v) is 5.34. The molecule has 0 spiro atoms. The van der Waals surface area contributed by atoms with Crippen LogP contribution in [0.2, 0.25) is 0 Å². The van der Waals surface area contributed by atoms with Crippen LogP contribution in [0.3, 0.4) is 0 Å². The van der Waals surface area contributed by atoms with Gasteiger partial charge in [0.05, 0.1) is 5.92 Å². The number of aldehydes is 1. The molecule has 1 aromatic rings. The quantitative estimate of drug-likeness (QED) is 0.444. The highest BCUT2D eigenvalue weighted by Gasteiger charge is 2.82. The Morgan fingerprint density at radius 1 is 1.17 bits per heavy atom. The predicted octanol–water partition coefficient (Wildman–Crippen LogP) is 3.17. The van der Waals surface area contributed by atoms with Gasteiger partial charge in [0.25, 0.3) is 0 Å². The van der Waals surface area contributed by atoms with Crippen molar-refractivity contribution in [2.75, 3.05) is 14.2 Å². The van der Waals surface area contributed by atoms with Crippen molar-refractivity contribution in [3.8, 4) is 0 Å². The van der Waals surface area contributed by atoms with Crippen LogP contribution in [-0.2, 0) is 27.9 Å². The van der Waals surface area contributed by atoms with E-state index < -0.39 is 36.2 Å². The highest BCUT2D eigenvalue weighted by Crippen LogP contribution is 2.79. The van der Waals surface area contributed by atoms with Crippen molar-refractivity contribution in [3.05, 3.63) is 35.9 Å². The number of carbonyl (C=O) groups is 2. The third kappa shape index (κ3) is 2.83. The molecule has 24 heavy (non-hydrogen) atoms. The van der Waals surface area contributed by atoms with E-state index >= 15 is 0 Å². The lowest BCUT2D eigenvalue weighted by Crippen LogP contribution is -2.36. The summed E-state index contributed by atoms with van der Waals surface area (Å²) in [7, 11) is -1.50. The maximum Gasteiger partial charge on any atom is 0.348 e. The molecule has 2 rings (SSSR count). The van der Waals surface area contributed by atoms with E-state index in [1.807, 2.05) is 6.07 Å². The molecule has 1 saturated carbocycles. The summed E-state index contributed by atoms with van der Waals surface area (Å²) < 4.78 is 28.9. The zero-order chi connectivity index (χ0) is 18.2. The summed E-state index contributed by atoms with van der Waals surface area (Å²) in [5.74, 6) is -2.19. The minimum absolute atomic E-state index is 0.614. The Morgan fingerprint density at radius 3 is 2.12 bits per heavy atom. The van der Waals surface area contributed by atoms with Gasteiger partial charge in [0.1, 0.15) is 11.9 Å². The monoisotopic (exact) mass is 354 g/mol. The molecule has 0 amide bonds. The largest absolute Gasteiger partial charge is 0.459 e. The molecule has 0 saturated heterocycles. The molecule has 0 aliphatic heterocycles. The molecule has 1 aromatic carbocycles. The van der Waals surface area contributed by atoms with E-state index in [2.05, 4.69) is 0 Å². The summed E-state index contributed by atoms with van der Waals surface area (Å²) in [6, 6.07) is 8.97. The average molecular weight is 354 g/mol. The van der Waals surface area contributed by atoms with Gasteiger partial charge in [-0.05, 0) is 26.3 Å². The zero-order valence-electron chi connectivity index (χ0n) is 14.5. The first kappa shape index (κ1) is 18.8. The van der Waals surface area contributed by atoms with E-state index in [0.717, 1.165) is 5.56 Å². The molecule has 0 unspecified atom stereocenters. The maximum atomic E-state index is 13.2. The standard InChI is InChI=1S/C17H23O6P/c1-16(2,3)23-15(19)17(24(20,21-4)22-5)13(11-18)14(17)12-9-7-6-8-10-12/h6-11,13-14H,1-5H3/t13-,14-,17+/m1/s1. The van der Waals surface area contributed by atoms with E-state index in [0.29, 0.717) is 6.29 Å². The Kier molecular flexibility index (Phi) is 5.05. The zero-order valence-corrected chi connectivity index (χ0v) is 15.4. The fourth-order valence-electron chi connectivity index (χ4n) is 3.17. The van der Waals surface area contributed by atoms with Crippen LogP contribution in [0.4, 0.5) is 0 Å². The number of hydrogen-bond acceptors (Lipinski definition) is 6. The van der Waals surface area contributed by atoms with Gasteiger partial charge >= 0.3 is 13.6 Å². The van der Waals surface area contributed by atoms with E-state index in [1.165, 1.54) is 14.2 Å². The third-order valence-corrected chi connectivity index (χ3v) is 6.82. The van der Waals surface area contributed by atoms with Crippen LogP contribution < -0.4 is 0 Å². The van der Waals surface area contributed by atoms with Gasteiger partial charge in [-0.1, -0.05) is 30.3 Å². The second-order valence-corrected chi connectivity index (χ2v) is 9.21. The second-order valence-electron chi connectivity index (χ2n) is 6.74. The van der Waals surface area contributed by atoms with Crippen molar-refractivity contribution in [1.82, 2.24) is 0 Å². The van der Waals surface area contributed by atoms with Crippen molar-refractivity contribution in [1.29, 1.82) is 0 Å². The highest BCUT2D eigenvalue weighted by atomic mass is 31.2. The lowest BCUT2D eigenvalue weighted by atomic mass is 10.1. The summed E-state index contributed by atoms with van der Waals surface area (Å²) >= 11 is 0. The van der Waals surface area contributed by atoms with Crippen molar-refractivity contribution >= 4 is 19.9 Å². The average Bonchev–Trinajstić information content (AvgIpc) is 3.24. The summed E-state index contributed by atoms with van der Waals surface area (Å²) in [5, 5.41) is -1.66. The topological polar surface area (TPSA) is 78.9 Å². The molecule has 0 N–H and O–H groups in total. The summed E-state index contributed by atoms with van der Waals surface area (Å²) in [5.41, 5.74) is -0.0806. The Labute approximate surface area is 142 Å². The molecule has 1 aliphatic carbocycles. The molecular weight excluding hydrogens is 331 g/mol. The van der Waals surface area contributed by atoms with E-state index in [9.17, 15) is 14.2 Å². The lowest BCUT2D eigenvalue weighted by Gasteiger charge is -2.28. The summed E-state index contributed by atoms with van der Waals surface area (Å²) in [6.45, 7) is 5.12. The molecule has 7 heteroatoms. The Bertz CT molecular complexity index is 657. The van der Waals surface area contributed by atoms with Crippen LogP contribution in [0.1, 0.15) is 32.3 Å². The molecule has 0 bridgehead atoms. The minimum atomic E-state index is -3.92. The van der Waals surface area contributed by atoms with E-state index in [1.54, 1.807) is 45.0 Å². The van der Waals surface area contributed by atoms with Crippen LogP contribution in [0, 0.1) is 5.92 Å². The molecule has 0 aromatic heterocycles. The summed E-state index contributed by atoms with van der Waals surface area (Å²) in [4.78, 5) is 24.6. The van der Waals surface area contributed by atoms with Crippen LogP contribution in [0.5, 0.6) is 0 Å². The Hall–Kier alpha value is -1.49. The molecule has 0 heterocycles. The summed E-state index contributed by atoms with van der Waals surface area (Å²) in [6.07, 6.45) is 0.631. The van der Waals surface area contributed by atoms with Gasteiger partial charge in [-0.25, -0.2) is 0 Å². The third-order valence-electron chi connectivity index (χ3n) is 4.20. The van der Waals surface area contributed by atoms with Gasteiger partial charge in [0.15, 0.2) is 5.16 Å². The van der Waals surface area contributed by atoms with Crippen molar-refractivity contribution < 1.29 is 27.9 Å². The van der Waals surface area contributed by atoms with Gasteiger partial charge in [0, 0.05) is 20.1 Å². The van der Waals surface area contributed by atoms with Gasteiger partial charge in [0.2, 0.25) is 0 Å². The molecule has 6 nitrogen and oxygen atoms in total. The molecule has 0 radical (unpaired) electrons. The van der Waals surface area contributed by atoms with Crippen molar-refractivity contribution in [2.24, 2.45) is 5.92 Å². The first-order valence-corrected chi connectivity index (χ1v) is 9.17. The van der Waals surface area contributed by atoms with E-state index in [-0.39, 0.29) is 0 Å². The van der Waals surface area contributed by atoms with E-state index in [4.69, 9.17) is 13.8 Å². The Balaban J connectivity index is 2.59. The lowest BCUT2D eigenvalue weighted by molar-refractivity contribution is -0.156. The first-order valence-electron chi connectivity index (χ1n) is 7.63. The molecule has 132 valence electrons. The minimum Gasteiger partial charge on any atom is -0.459 e. The van der Waals surface area contributed by atoms with Crippen LogP contribution in [-0.4, -0.2) is 37.2 Å². The number of rotatable bonds is 6. The molecule has 1 fully saturated rings. The van der Waals surface area contributed by atoms with Gasteiger partial charge in [-0.15, -0.1) is 0 Å². The van der Waals surface area contributed by atoms with Gasteiger partial charge < -0.3 is 18.6 Å². The number of carbonyl (C=O) groups excluding carboxylic acids is 2. The SMILES string of the molecule is COP(=O)(OC)[C@@]1(C(=O)OC(C)(C)C)[C@H](C=O)[C@H]1c1ccccc1. The van der Waals surface area contributed by atoms with Gasteiger partial charge in [-0.2, -0.15) is 0 Å².